The number of hydrogen-bond donors (Lipinski definition) is 0. The van der Waals surface area contributed by atoms with Crippen LogP contribution in [0.1, 0.15) is 17.0 Å². The molecule has 0 atom stereocenters. The first-order valence-electron chi connectivity index (χ1n) is 5.82. The van der Waals surface area contributed by atoms with Gasteiger partial charge in [-0.05, 0) is 36.2 Å². The van der Waals surface area contributed by atoms with Gasteiger partial charge in [-0.3, -0.25) is 0 Å². The lowest BCUT2D eigenvalue weighted by atomic mass is 10.1. The van der Waals surface area contributed by atoms with Crippen LogP contribution in [0.15, 0.2) is 46.9 Å². The Balaban J connectivity index is 1.98. The van der Waals surface area contributed by atoms with Crippen molar-refractivity contribution in [3.05, 3.63) is 64.5 Å². The zero-order valence-corrected chi connectivity index (χ0v) is 10.7. The topological polar surface area (TPSA) is 26.0 Å². The molecule has 2 nitrogen and oxygen atoms in total. The second-order valence-electron chi connectivity index (χ2n) is 4.35. The van der Waals surface area contributed by atoms with E-state index in [9.17, 15) is 0 Å². The highest BCUT2D eigenvalue weighted by atomic mass is 35.5. The summed E-state index contributed by atoms with van der Waals surface area (Å²) in [4.78, 5) is 4.46. The number of halogens is 1. The summed E-state index contributed by atoms with van der Waals surface area (Å²) in [5.74, 6) is 0.698. The van der Waals surface area contributed by atoms with E-state index in [4.69, 9.17) is 16.0 Å². The van der Waals surface area contributed by atoms with Gasteiger partial charge in [0.25, 0.3) is 0 Å². The van der Waals surface area contributed by atoms with Gasteiger partial charge in [0.1, 0.15) is 5.52 Å². The quantitative estimate of drug-likeness (QED) is 0.681. The summed E-state index contributed by atoms with van der Waals surface area (Å²) >= 11 is 6.13. The standard InChI is InChI=1S/C15H12ClNO/c1-10-6-7-13-14(8-10)18-15(17-13)9-11-4-2-3-5-12(11)16/h2-8H,9H2,1H3. The largest absolute Gasteiger partial charge is 0.440 e. The summed E-state index contributed by atoms with van der Waals surface area (Å²) in [5.41, 5.74) is 3.92. The van der Waals surface area contributed by atoms with Crippen molar-refractivity contribution in [2.24, 2.45) is 0 Å². The molecule has 0 N–H and O–H groups in total. The average Bonchev–Trinajstić information content (AvgIpc) is 2.73. The predicted molar refractivity (Wildman–Crippen MR) is 73.0 cm³/mol. The Bertz CT molecular complexity index is 703. The number of hydrogen-bond acceptors (Lipinski definition) is 2. The van der Waals surface area contributed by atoms with Crippen molar-refractivity contribution >= 4 is 22.7 Å². The summed E-state index contributed by atoms with van der Waals surface area (Å²) in [5, 5.41) is 0.746. The first-order valence-corrected chi connectivity index (χ1v) is 6.19. The molecule has 3 aromatic rings. The summed E-state index contributed by atoms with van der Waals surface area (Å²) < 4.78 is 5.74. The Morgan fingerprint density at radius 1 is 1.17 bits per heavy atom. The fourth-order valence-corrected chi connectivity index (χ4v) is 2.16. The molecular formula is C15H12ClNO. The molecule has 3 rings (SSSR count). The molecule has 1 heterocycles. The van der Waals surface area contributed by atoms with Gasteiger partial charge in [0.2, 0.25) is 0 Å². The van der Waals surface area contributed by atoms with E-state index in [1.165, 1.54) is 5.56 Å². The number of rotatable bonds is 2. The van der Waals surface area contributed by atoms with Crippen molar-refractivity contribution < 1.29 is 4.42 Å². The molecule has 3 heteroatoms. The minimum atomic E-state index is 0.618. The van der Waals surface area contributed by atoms with E-state index in [1.54, 1.807) is 0 Å². The van der Waals surface area contributed by atoms with Crippen LogP contribution >= 0.6 is 11.6 Å². The highest BCUT2D eigenvalue weighted by molar-refractivity contribution is 6.31. The van der Waals surface area contributed by atoms with Crippen LogP contribution in [0.3, 0.4) is 0 Å². The molecule has 0 aliphatic heterocycles. The van der Waals surface area contributed by atoms with Crippen molar-refractivity contribution in [1.82, 2.24) is 4.98 Å². The van der Waals surface area contributed by atoms with Gasteiger partial charge >= 0.3 is 0 Å². The van der Waals surface area contributed by atoms with E-state index in [-0.39, 0.29) is 0 Å². The van der Waals surface area contributed by atoms with Gasteiger partial charge in [0, 0.05) is 5.02 Å². The third kappa shape index (κ3) is 2.12. The highest BCUT2D eigenvalue weighted by Crippen LogP contribution is 2.22. The van der Waals surface area contributed by atoms with Gasteiger partial charge in [-0.1, -0.05) is 35.9 Å². The molecule has 0 saturated heterocycles. The van der Waals surface area contributed by atoms with Crippen molar-refractivity contribution in [3.8, 4) is 0 Å². The van der Waals surface area contributed by atoms with Crippen LogP contribution in [0.5, 0.6) is 0 Å². The van der Waals surface area contributed by atoms with Crippen LogP contribution in [0, 0.1) is 6.92 Å². The van der Waals surface area contributed by atoms with Crippen LogP contribution in [-0.2, 0) is 6.42 Å². The first-order chi connectivity index (χ1) is 8.72. The molecule has 90 valence electrons. The third-order valence-electron chi connectivity index (χ3n) is 2.89. The zero-order chi connectivity index (χ0) is 12.5. The van der Waals surface area contributed by atoms with E-state index in [2.05, 4.69) is 4.98 Å². The molecule has 0 amide bonds. The first kappa shape index (κ1) is 11.3. The Kier molecular flexibility index (Phi) is 2.80. The fourth-order valence-electron chi connectivity index (χ4n) is 1.96. The van der Waals surface area contributed by atoms with Crippen LogP contribution in [0.25, 0.3) is 11.1 Å². The third-order valence-corrected chi connectivity index (χ3v) is 3.26. The monoisotopic (exact) mass is 257 g/mol. The molecule has 0 bridgehead atoms. The number of aromatic nitrogens is 1. The lowest BCUT2D eigenvalue weighted by Crippen LogP contribution is -1.88. The number of benzene rings is 2. The molecule has 0 aliphatic rings. The molecule has 18 heavy (non-hydrogen) atoms. The van der Waals surface area contributed by atoms with Crippen LogP contribution in [-0.4, -0.2) is 4.98 Å². The van der Waals surface area contributed by atoms with Crippen molar-refractivity contribution in [1.29, 1.82) is 0 Å². The van der Waals surface area contributed by atoms with Crippen LogP contribution < -0.4 is 0 Å². The van der Waals surface area contributed by atoms with Crippen LogP contribution in [0.2, 0.25) is 5.02 Å². The average molecular weight is 258 g/mol. The van der Waals surface area contributed by atoms with Gasteiger partial charge in [0.15, 0.2) is 11.5 Å². The lowest BCUT2D eigenvalue weighted by molar-refractivity contribution is 0.544. The maximum atomic E-state index is 6.13. The Morgan fingerprint density at radius 3 is 2.83 bits per heavy atom. The molecule has 1 aromatic heterocycles. The zero-order valence-electron chi connectivity index (χ0n) is 9.98. The number of aryl methyl sites for hydroxylation is 1. The highest BCUT2D eigenvalue weighted by Gasteiger charge is 2.08. The fraction of sp³-hybridized carbons (Fsp3) is 0.133. The van der Waals surface area contributed by atoms with Gasteiger partial charge in [-0.15, -0.1) is 0 Å². The van der Waals surface area contributed by atoms with Crippen molar-refractivity contribution in [2.75, 3.05) is 0 Å². The second-order valence-corrected chi connectivity index (χ2v) is 4.75. The van der Waals surface area contributed by atoms with Gasteiger partial charge in [0.05, 0.1) is 6.42 Å². The molecule has 0 fully saturated rings. The molecule has 0 spiro atoms. The van der Waals surface area contributed by atoms with Crippen molar-refractivity contribution in [2.45, 2.75) is 13.3 Å². The molecule has 2 aromatic carbocycles. The number of oxazole rings is 1. The maximum absolute atomic E-state index is 6.13. The van der Waals surface area contributed by atoms with Gasteiger partial charge in [-0.25, -0.2) is 4.98 Å². The number of fused-ring (bicyclic) bond motifs is 1. The van der Waals surface area contributed by atoms with Crippen LogP contribution in [0.4, 0.5) is 0 Å². The lowest BCUT2D eigenvalue weighted by Gasteiger charge is -1.99. The molecule has 0 unspecified atom stereocenters. The molecular weight excluding hydrogens is 246 g/mol. The predicted octanol–water partition coefficient (Wildman–Crippen LogP) is 4.38. The number of nitrogens with zero attached hydrogens (tertiary/aromatic N) is 1. The van der Waals surface area contributed by atoms with E-state index in [1.807, 2.05) is 49.4 Å². The molecule has 0 radical (unpaired) electrons. The Hall–Kier alpha value is -1.80. The SMILES string of the molecule is Cc1ccc2nc(Cc3ccccc3Cl)oc2c1. The van der Waals surface area contributed by atoms with Crippen molar-refractivity contribution in [3.63, 3.8) is 0 Å². The normalized spacial score (nSPS) is 11.0. The van der Waals surface area contributed by atoms with Gasteiger partial charge in [-0.2, -0.15) is 0 Å². The van der Waals surface area contributed by atoms with E-state index in [0.29, 0.717) is 12.3 Å². The van der Waals surface area contributed by atoms with Gasteiger partial charge < -0.3 is 4.42 Å². The van der Waals surface area contributed by atoms with E-state index < -0.39 is 0 Å². The summed E-state index contributed by atoms with van der Waals surface area (Å²) in [6.45, 7) is 2.04. The summed E-state index contributed by atoms with van der Waals surface area (Å²) in [6.07, 6.45) is 0.618. The Labute approximate surface area is 110 Å². The van der Waals surface area contributed by atoms with E-state index >= 15 is 0 Å². The van der Waals surface area contributed by atoms with E-state index in [0.717, 1.165) is 21.7 Å². The smallest absolute Gasteiger partial charge is 0.199 e. The molecule has 0 aliphatic carbocycles. The second kappa shape index (κ2) is 4.46. The minimum absolute atomic E-state index is 0.618. The minimum Gasteiger partial charge on any atom is -0.440 e. The Morgan fingerprint density at radius 2 is 2.00 bits per heavy atom. The summed E-state index contributed by atoms with van der Waals surface area (Å²) in [6, 6.07) is 13.8. The summed E-state index contributed by atoms with van der Waals surface area (Å²) in [7, 11) is 0. The maximum Gasteiger partial charge on any atom is 0.199 e. The molecule has 0 saturated carbocycles.